The number of methoxy groups -OCH3 is 1. The number of carbonyl (C=O) groups excluding carboxylic acids is 2. The Labute approximate surface area is 180 Å². The molecule has 162 valence electrons. The van der Waals surface area contributed by atoms with Crippen molar-refractivity contribution in [3.05, 3.63) is 81.9 Å². The normalized spacial score (nSPS) is 11.0. The van der Waals surface area contributed by atoms with Crippen molar-refractivity contribution in [3.8, 4) is 11.4 Å². The lowest BCUT2D eigenvalue weighted by Crippen LogP contribution is -2.27. The van der Waals surface area contributed by atoms with Gasteiger partial charge < -0.3 is 10.5 Å². The van der Waals surface area contributed by atoms with Gasteiger partial charge in [0.25, 0.3) is 5.91 Å². The van der Waals surface area contributed by atoms with E-state index in [2.05, 4.69) is 9.97 Å². The summed E-state index contributed by atoms with van der Waals surface area (Å²) in [7, 11) is 1.47. The molecule has 0 atom stereocenters. The molecule has 2 heterocycles. The molecular formula is C22H18FN5O4. The van der Waals surface area contributed by atoms with Crippen molar-refractivity contribution in [1.82, 2.24) is 19.1 Å². The lowest BCUT2D eigenvalue weighted by Gasteiger charge is -2.07. The standard InChI is InChI=1S/C22H18FN5O4/c1-12-25-18(20(24)30)19-21(26-12)28(16-9-4-3-8-15(16)23)22(31)27(19)11-17(29)13-6-5-7-14(10-13)32-2/h3-10H,11H2,1-2H3,(H2,24,30). The summed E-state index contributed by atoms with van der Waals surface area (Å²) in [5.41, 5.74) is 4.63. The number of fused-ring (bicyclic) bond motifs is 1. The molecule has 0 bridgehead atoms. The number of rotatable bonds is 6. The number of aryl methyl sites for hydroxylation is 1. The molecule has 32 heavy (non-hydrogen) atoms. The van der Waals surface area contributed by atoms with Crippen molar-refractivity contribution in [2.24, 2.45) is 5.73 Å². The van der Waals surface area contributed by atoms with Crippen molar-refractivity contribution in [1.29, 1.82) is 0 Å². The van der Waals surface area contributed by atoms with Gasteiger partial charge in [0, 0.05) is 5.56 Å². The van der Waals surface area contributed by atoms with Crippen LogP contribution in [0.25, 0.3) is 16.9 Å². The molecule has 2 aromatic carbocycles. The molecular weight excluding hydrogens is 417 g/mol. The van der Waals surface area contributed by atoms with Crippen LogP contribution < -0.4 is 16.2 Å². The van der Waals surface area contributed by atoms with E-state index in [-0.39, 0.29) is 33.9 Å². The fourth-order valence-corrected chi connectivity index (χ4v) is 3.46. The Bertz CT molecular complexity index is 1440. The SMILES string of the molecule is COc1cccc(C(=O)Cn2c(=O)n(-c3ccccc3F)c3nc(C)nc(C(N)=O)c32)c1. The number of Topliss-reactive ketones (excluding diaryl/α,β-unsaturated/α-hetero) is 1. The molecule has 0 aliphatic heterocycles. The van der Waals surface area contributed by atoms with E-state index in [0.29, 0.717) is 5.75 Å². The monoisotopic (exact) mass is 435 g/mol. The Morgan fingerprint density at radius 1 is 1.12 bits per heavy atom. The van der Waals surface area contributed by atoms with Crippen LogP contribution in [0.1, 0.15) is 26.7 Å². The van der Waals surface area contributed by atoms with Gasteiger partial charge in [-0.1, -0.05) is 24.3 Å². The molecule has 0 fully saturated rings. The van der Waals surface area contributed by atoms with E-state index in [4.69, 9.17) is 10.5 Å². The second kappa shape index (κ2) is 8.06. The Kier molecular flexibility index (Phi) is 5.27. The Morgan fingerprint density at radius 2 is 1.88 bits per heavy atom. The molecule has 4 aromatic rings. The number of para-hydroxylation sites is 1. The van der Waals surface area contributed by atoms with Gasteiger partial charge >= 0.3 is 5.69 Å². The minimum atomic E-state index is -0.909. The number of ether oxygens (including phenoxy) is 1. The van der Waals surface area contributed by atoms with Crippen LogP contribution in [0.2, 0.25) is 0 Å². The number of amides is 1. The lowest BCUT2D eigenvalue weighted by atomic mass is 10.1. The molecule has 0 aliphatic carbocycles. The summed E-state index contributed by atoms with van der Waals surface area (Å²) in [6.07, 6.45) is 0. The van der Waals surface area contributed by atoms with E-state index in [0.717, 1.165) is 9.13 Å². The number of nitrogens with zero attached hydrogens (tertiary/aromatic N) is 4. The van der Waals surface area contributed by atoms with E-state index in [1.807, 2.05) is 0 Å². The zero-order valence-electron chi connectivity index (χ0n) is 17.2. The number of primary amides is 1. The maximum atomic E-state index is 14.6. The van der Waals surface area contributed by atoms with Crippen molar-refractivity contribution < 1.29 is 18.7 Å². The van der Waals surface area contributed by atoms with Crippen molar-refractivity contribution in [2.45, 2.75) is 13.5 Å². The lowest BCUT2D eigenvalue weighted by molar-refractivity contribution is 0.0966. The van der Waals surface area contributed by atoms with Crippen LogP contribution in [0.5, 0.6) is 5.75 Å². The highest BCUT2D eigenvalue weighted by molar-refractivity contribution is 6.03. The van der Waals surface area contributed by atoms with Crippen LogP contribution in [0.15, 0.2) is 53.3 Å². The molecule has 0 unspecified atom stereocenters. The summed E-state index contributed by atoms with van der Waals surface area (Å²) in [6, 6.07) is 12.0. The second-order valence-corrected chi connectivity index (χ2v) is 6.97. The van der Waals surface area contributed by atoms with Gasteiger partial charge in [-0.3, -0.25) is 14.2 Å². The molecule has 1 amide bonds. The van der Waals surface area contributed by atoms with Gasteiger partial charge in [0.2, 0.25) is 0 Å². The fourth-order valence-electron chi connectivity index (χ4n) is 3.46. The summed E-state index contributed by atoms with van der Waals surface area (Å²) >= 11 is 0. The highest BCUT2D eigenvalue weighted by Crippen LogP contribution is 2.22. The first-order chi connectivity index (χ1) is 15.3. The summed E-state index contributed by atoms with van der Waals surface area (Å²) in [4.78, 5) is 46.8. The van der Waals surface area contributed by atoms with E-state index in [1.54, 1.807) is 24.3 Å². The van der Waals surface area contributed by atoms with Gasteiger partial charge in [-0.2, -0.15) is 0 Å². The van der Waals surface area contributed by atoms with E-state index in [1.165, 1.54) is 38.3 Å². The predicted molar refractivity (Wildman–Crippen MR) is 114 cm³/mol. The first kappa shape index (κ1) is 20.9. The van der Waals surface area contributed by atoms with Gasteiger partial charge in [-0.05, 0) is 31.2 Å². The first-order valence-electron chi connectivity index (χ1n) is 9.53. The highest BCUT2D eigenvalue weighted by Gasteiger charge is 2.25. The molecule has 0 spiro atoms. The Morgan fingerprint density at radius 3 is 2.56 bits per heavy atom. The number of carbonyl (C=O) groups is 2. The van der Waals surface area contributed by atoms with Crippen molar-refractivity contribution in [3.63, 3.8) is 0 Å². The maximum Gasteiger partial charge on any atom is 0.335 e. The van der Waals surface area contributed by atoms with E-state index in [9.17, 15) is 18.8 Å². The van der Waals surface area contributed by atoms with E-state index < -0.39 is 29.7 Å². The largest absolute Gasteiger partial charge is 0.497 e. The van der Waals surface area contributed by atoms with Gasteiger partial charge in [-0.25, -0.2) is 23.7 Å². The fraction of sp³-hybridized carbons (Fsp3) is 0.136. The number of ketones is 1. The summed E-state index contributed by atoms with van der Waals surface area (Å²) in [6.45, 7) is 1.07. The zero-order chi connectivity index (χ0) is 23.0. The van der Waals surface area contributed by atoms with Crippen LogP contribution in [0, 0.1) is 12.7 Å². The van der Waals surface area contributed by atoms with E-state index >= 15 is 0 Å². The third-order valence-electron chi connectivity index (χ3n) is 4.90. The number of aromatic nitrogens is 4. The van der Waals surface area contributed by atoms with Gasteiger partial charge in [0.1, 0.15) is 22.9 Å². The van der Waals surface area contributed by atoms with Gasteiger partial charge in [0.15, 0.2) is 17.1 Å². The Balaban J connectivity index is 1.99. The number of imidazole rings is 1. The average Bonchev–Trinajstić information content (AvgIpc) is 3.04. The molecule has 0 saturated heterocycles. The molecule has 4 rings (SSSR count). The average molecular weight is 435 g/mol. The van der Waals surface area contributed by atoms with Gasteiger partial charge in [-0.15, -0.1) is 0 Å². The number of benzene rings is 2. The van der Waals surface area contributed by atoms with Crippen LogP contribution >= 0.6 is 0 Å². The number of hydrogen-bond acceptors (Lipinski definition) is 6. The smallest absolute Gasteiger partial charge is 0.335 e. The number of halogens is 1. The minimum Gasteiger partial charge on any atom is -0.497 e. The third kappa shape index (κ3) is 3.51. The number of hydrogen-bond donors (Lipinski definition) is 1. The van der Waals surface area contributed by atoms with Crippen LogP contribution in [-0.4, -0.2) is 37.9 Å². The maximum absolute atomic E-state index is 14.6. The van der Waals surface area contributed by atoms with Crippen molar-refractivity contribution in [2.75, 3.05) is 7.11 Å². The topological polar surface area (TPSA) is 122 Å². The summed E-state index contributed by atoms with van der Waals surface area (Å²) in [5.74, 6) is -1.39. The van der Waals surface area contributed by atoms with Crippen LogP contribution in [0.4, 0.5) is 4.39 Å². The zero-order valence-corrected chi connectivity index (χ0v) is 17.2. The summed E-state index contributed by atoms with van der Waals surface area (Å²) < 4.78 is 21.8. The third-order valence-corrected chi connectivity index (χ3v) is 4.90. The predicted octanol–water partition coefficient (Wildman–Crippen LogP) is 2.02. The first-order valence-corrected chi connectivity index (χ1v) is 9.53. The molecule has 0 radical (unpaired) electrons. The second-order valence-electron chi connectivity index (χ2n) is 6.97. The van der Waals surface area contributed by atoms with Crippen LogP contribution in [-0.2, 0) is 6.54 Å². The molecule has 2 N–H and O–H groups in total. The van der Waals surface area contributed by atoms with Crippen molar-refractivity contribution >= 4 is 22.9 Å². The molecule has 0 aliphatic rings. The van der Waals surface area contributed by atoms with Gasteiger partial charge in [0.05, 0.1) is 19.3 Å². The molecule has 0 saturated carbocycles. The molecule has 10 heteroatoms. The quantitative estimate of drug-likeness (QED) is 0.463. The Hall–Kier alpha value is -4.34. The number of nitrogens with two attached hydrogens (primary N) is 1. The van der Waals surface area contributed by atoms with Crippen LogP contribution in [0.3, 0.4) is 0 Å². The molecule has 9 nitrogen and oxygen atoms in total. The summed E-state index contributed by atoms with van der Waals surface area (Å²) in [5, 5.41) is 0. The highest BCUT2D eigenvalue weighted by atomic mass is 19.1. The minimum absolute atomic E-state index is 0.0279. The molecule has 2 aromatic heterocycles.